The van der Waals surface area contributed by atoms with Crippen LogP contribution in [0.25, 0.3) is 10.2 Å². The van der Waals surface area contributed by atoms with Crippen molar-refractivity contribution >= 4 is 50.1 Å². The van der Waals surface area contributed by atoms with E-state index in [1.165, 1.54) is 11.3 Å². The fourth-order valence-corrected chi connectivity index (χ4v) is 4.13. The van der Waals surface area contributed by atoms with Gasteiger partial charge in [0.05, 0.1) is 16.1 Å². The van der Waals surface area contributed by atoms with Crippen molar-refractivity contribution in [3.05, 3.63) is 59.1 Å². The van der Waals surface area contributed by atoms with Gasteiger partial charge in [0, 0.05) is 24.5 Å². The highest BCUT2D eigenvalue weighted by Crippen LogP contribution is 2.28. The molecule has 1 saturated heterocycles. The Labute approximate surface area is 159 Å². The van der Waals surface area contributed by atoms with E-state index in [0.717, 1.165) is 15.8 Å². The fraction of sp³-hybridized carbons (Fsp3) is 0.211. The number of carbonyl (C=O) groups is 2. The number of amides is 2. The van der Waals surface area contributed by atoms with Crippen LogP contribution in [0.5, 0.6) is 0 Å². The smallest absolute Gasteiger partial charge is 0.231 e. The first kappa shape index (κ1) is 17.0. The molecule has 0 unspecified atom stereocenters. The van der Waals surface area contributed by atoms with Crippen molar-refractivity contribution < 1.29 is 9.59 Å². The van der Waals surface area contributed by atoms with E-state index in [1.807, 2.05) is 42.5 Å². The number of anilines is 1. The zero-order valence-corrected chi connectivity index (χ0v) is 15.4. The van der Waals surface area contributed by atoms with Gasteiger partial charge in [-0.05, 0) is 23.8 Å². The number of carbonyl (C=O) groups excluding carboxylic acids is 2. The summed E-state index contributed by atoms with van der Waals surface area (Å²) in [7, 11) is 0. The van der Waals surface area contributed by atoms with Crippen molar-refractivity contribution in [3.8, 4) is 0 Å². The van der Waals surface area contributed by atoms with Crippen LogP contribution < -0.4 is 5.32 Å². The summed E-state index contributed by atoms with van der Waals surface area (Å²) in [5, 5.41) is 4.04. The molecular formula is C19H16ClN3O2S. The van der Waals surface area contributed by atoms with Crippen LogP contribution >= 0.6 is 22.9 Å². The number of fused-ring (bicyclic) bond motifs is 1. The Balaban J connectivity index is 1.42. The van der Waals surface area contributed by atoms with E-state index in [0.29, 0.717) is 23.2 Å². The Hall–Kier alpha value is -2.44. The number of thiazole rings is 1. The molecule has 4 rings (SSSR count). The van der Waals surface area contributed by atoms with Crippen LogP contribution in [0.2, 0.25) is 5.02 Å². The van der Waals surface area contributed by atoms with Gasteiger partial charge in [-0.25, -0.2) is 4.98 Å². The van der Waals surface area contributed by atoms with E-state index in [2.05, 4.69) is 10.3 Å². The summed E-state index contributed by atoms with van der Waals surface area (Å²) in [4.78, 5) is 30.9. The minimum atomic E-state index is -0.378. The van der Waals surface area contributed by atoms with E-state index < -0.39 is 0 Å². The van der Waals surface area contributed by atoms with E-state index in [1.54, 1.807) is 11.0 Å². The molecule has 26 heavy (non-hydrogen) atoms. The summed E-state index contributed by atoms with van der Waals surface area (Å²) < 4.78 is 1.02. The molecule has 1 aromatic heterocycles. The summed E-state index contributed by atoms with van der Waals surface area (Å²) >= 11 is 7.60. The third-order valence-corrected chi connectivity index (χ3v) is 5.75. The molecule has 1 N–H and O–H groups in total. The zero-order valence-electron chi connectivity index (χ0n) is 13.8. The quantitative estimate of drug-likeness (QED) is 0.740. The van der Waals surface area contributed by atoms with Gasteiger partial charge in [-0.1, -0.05) is 53.3 Å². The average molecular weight is 386 g/mol. The second-order valence-corrected chi connectivity index (χ2v) is 7.68. The number of hydrogen-bond acceptors (Lipinski definition) is 4. The summed E-state index contributed by atoms with van der Waals surface area (Å²) in [6.45, 7) is 0.810. The Kier molecular flexibility index (Phi) is 4.61. The van der Waals surface area contributed by atoms with Crippen LogP contribution in [0.4, 0.5) is 5.13 Å². The first-order chi connectivity index (χ1) is 12.6. The predicted molar refractivity (Wildman–Crippen MR) is 103 cm³/mol. The molecule has 1 aliphatic heterocycles. The molecule has 0 aliphatic carbocycles. The number of rotatable bonds is 4. The molecule has 1 aliphatic rings. The normalized spacial score (nSPS) is 17.0. The topological polar surface area (TPSA) is 62.3 Å². The molecule has 0 bridgehead atoms. The number of halogens is 1. The minimum Gasteiger partial charge on any atom is -0.337 e. The lowest BCUT2D eigenvalue weighted by molar-refractivity contribution is -0.128. The highest BCUT2D eigenvalue weighted by molar-refractivity contribution is 7.22. The minimum absolute atomic E-state index is 0.0330. The maximum atomic E-state index is 12.6. The lowest BCUT2D eigenvalue weighted by atomic mass is 10.1. The lowest BCUT2D eigenvalue weighted by Gasteiger charge is -2.17. The van der Waals surface area contributed by atoms with Gasteiger partial charge in [-0.3, -0.25) is 9.59 Å². The van der Waals surface area contributed by atoms with Crippen LogP contribution in [0.15, 0.2) is 48.5 Å². The maximum Gasteiger partial charge on any atom is 0.231 e. The number of hydrogen-bond donors (Lipinski definition) is 1. The highest BCUT2D eigenvalue weighted by Gasteiger charge is 2.34. The van der Waals surface area contributed by atoms with Crippen molar-refractivity contribution in [2.45, 2.75) is 13.0 Å². The van der Waals surface area contributed by atoms with Gasteiger partial charge in [-0.2, -0.15) is 0 Å². The largest absolute Gasteiger partial charge is 0.337 e. The number of nitrogens with zero attached hydrogens (tertiary/aromatic N) is 2. The molecule has 3 aromatic rings. The summed E-state index contributed by atoms with van der Waals surface area (Å²) in [6, 6.07) is 15.2. The Morgan fingerprint density at radius 1 is 1.23 bits per heavy atom. The van der Waals surface area contributed by atoms with Crippen molar-refractivity contribution in [1.82, 2.24) is 9.88 Å². The molecule has 1 fully saturated rings. The molecule has 2 heterocycles. The van der Waals surface area contributed by atoms with Gasteiger partial charge in [0.25, 0.3) is 0 Å². The molecule has 132 valence electrons. The molecule has 1 atom stereocenters. The first-order valence-electron chi connectivity index (χ1n) is 8.28. The zero-order chi connectivity index (χ0) is 18.1. The van der Waals surface area contributed by atoms with Crippen molar-refractivity contribution in [3.63, 3.8) is 0 Å². The van der Waals surface area contributed by atoms with Gasteiger partial charge in [-0.15, -0.1) is 0 Å². The second kappa shape index (κ2) is 7.05. The number of nitrogens with one attached hydrogen (secondary N) is 1. The van der Waals surface area contributed by atoms with E-state index in [-0.39, 0.29) is 24.2 Å². The first-order valence-corrected chi connectivity index (χ1v) is 9.47. The summed E-state index contributed by atoms with van der Waals surface area (Å²) in [6.07, 6.45) is 0.210. The molecule has 5 nitrogen and oxygen atoms in total. The van der Waals surface area contributed by atoms with Crippen LogP contribution in [-0.4, -0.2) is 28.2 Å². The number of benzene rings is 2. The van der Waals surface area contributed by atoms with Gasteiger partial charge < -0.3 is 10.2 Å². The van der Waals surface area contributed by atoms with Crippen molar-refractivity contribution in [2.75, 3.05) is 11.9 Å². The number of para-hydroxylation sites is 1. The molecule has 0 spiro atoms. The molecule has 2 aromatic carbocycles. The third kappa shape index (κ3) is 3.43. The van der Waals surface area contributed by atoms with Gasteiger partial charge in [0.1, 0.15) is 0 Å². The van der Waals surface area contributed by atoms with Crippen LogP contribution in [0, 0.1) is 5.92 Å². The van der Waals surface area contributed by atoms with Gasteiger partial charge in [0.15, 0.2) is 5.13 Å². The van der Waals surface area contributed by atoms with Crippen molar-refractivity contribution in [1.29, 1.82) is 0 Å². The van der Waals surface area contributed by atoms with Crippen LogP contribution in [0.3, 0.4) is 0 Å². The van der Waals surface area contributed by atoms with Gasteiger partial charge in [0.2, 0.25) is 11.8 Å². The maximum absolute atomic E-state index is 12.6. The standard InChI is InChI=1S/C19H16ClN3O2S/c20-14-6-2-1-5-12(14)10-23-11-13(9-17(23)24)18(25)22-19-21-15-7-3-4-8-16(15)26-19/h1-8,13H,9-11H2,(H,21,22,25)/t13-/m1/s1. The molecule has 2 amide bonds. The second-order valence-electron chi connectivity index (χ2n) is 6.24. The summed E-state index contributed by atoms with van der Waals surface area (Å²) in [5.41, 5.74) is 1.74. The SMILES string of the molecule is O=C(Nc1nc2ccccc2s1)[C@@H]1CC(=O)N(Cc2ccccc2Cl)C1. The Morgan fingerprint density at radius 2 is 2.00 bits per heavy atom. The lowest BCUT2D eigenvalue weighted by Crippen LogP contribution is -2.28. The third-order valence-electron chi connectivity index (χ3n) is 4.43. The molecule has 0 radical (unpaired) electrons. The van der Waals surface area contributed by atoms with Crippen LogP contribution in [-0.2, 0) is 16.1 Å². The monoisotopic (exact) mass is 385 g/mol. The Morgan fingerprint density at radius 3 is 2.81 bits per heavy atom. The fourth-order valence-electron chi connectivity index (χ4n) is 3.07. The Bertz CT molecular complexity index is 955. The van der Waals surface area contributed by atoms with Crippen molar-refractivity contribution in [2.24, 2.45) is 5.92 Å². The van der Waals surface area contributed by atoms with Crippen LogP contribution in [0.1, 0.15) is 12.0 Å². The highest BCUT2D eigenvalue weighted by atomic mass is 35.5. The van der Waals surface area contributed by atoms with Gasteiger partial charge >= 0.3 is 0 Å². The van der Waals surface area contributed by atoms with E-state index in [9.17, 15) is 9.59 Å². The number of likely N-dealkylation sites (tertiary alicyclic amines) is 1. The number of aromatic nitrogens is 1. The predicted octanol–water partition coefficient (Wildman–Crippen LogP) is 3.94. The average Bonchev–Trinajstić information content (AvgIpc) is 3.20. The molecule has 7 heteroatoms. The molecular weight excluding hydrogens is 370 g/mol. The van der Waals surface area contributed by atoms with E-state index >= 15 is 0 Å². The van der Waals surface area contributed by atoms with E-state index in [4.69, 9.17) is 11.6 Å². The summed E-state index contributed by atoms with van der Waals surface area (Å²) in [5.74, 6) is -0.578. The molecule has 0 saturated carbocycles.